The van der Waals surface area contributed by atoms with Crippen LogP contribution in [0.25, 0.3) is 10.8 Å². The third kappa shape index (κ3) is 4.72. The first-order chi connectivity index (χ1) is 14.6. The Morgan fingerprint density at radius 3 is 2.30 bits per heavy atom. The summed E-state index contributed by atoms with van der Waals surface area (Å²) in [5.41, 5.74) is 4.20. The van der Waals surface area contributed by atoms with Gasteiger partial charge < -0.3 is 0 Å². The molecule has 0 unspecified atom stereocenters. The van der Waals surface area contributed by atoms with E-state index in [9.17, 15) is 9.59 Å². The van der Waals surface area contributed by atoms with E-state index in [0.29, 0.717) is 21.2 Å². The number of benzene rings is 3. The average molecular weight is 436 g/mol. The maximum absolute atomic E-state index is 12.8. The molecule has 4 aromatic rings. The summed E-state index contributed by atoms with van der Waals surface area (Å²) in [5.74, 6) is 0.371. The summed E-state index contributed by atoms with van der Waals surface area (Å²) in [5, 5.41) is 6.99. The summed E-state index contributed by atoms with van der Waals surface area (Å²) in [4.78, 5) is 26.4. The molecule has 150 valence electrons. The third-order valence-corrected chi connectivity index (χ3v) is 5.80. The van der Waals surface area contributed by atoms with Gasteiger partial charge in [-0.25, -0.2) is 5.43 Å². The van der Waals surface area contributed by atoms with Crippen LogP contribution in [-0.2, 0) is 17.0 Å². The standard InChI is InChI=1S/C23H18ClN3O2S/c24-18-12-10-16(11-13-18)14-21(28)25-27-23(29)20-9-5-4-8-19(20)22(26-27)30-15-17-6-2-1-3-7-17/h1-13H,14-15H2,(H,25,28). The van der Waals surface area contributed by atoms with Crippen molar-refractivity contribution in [1.82, 2.24) is 9.89 Å². The van der Waals surface area contributed by atoms with Gasteiger partial charge in [-0.2, -0.15) is 0 Å². The molecule has 1 aromatic heterocycles. The van der Waals surface area contributed by atoms with Crippen molar-refractivity contribution in [3.05, 3.63) is 105 Å². The average Bonchev–Trinajstić information content (AvgIpc) is 2.77. The number of fused-ring (bicyclic) bond motifs is 1. The first-order valence-electron chi connectivity index (χ1n) is 9.33. The normalized spacial score (nSPS) is 10.8. The first-order valence-corrected chi connectivity index (χ1v) is 10.7. The lowest BCUT2D eigenvalue weighted by molar-refractivity contribution is -0.116. The van der Waals surface area contributed by atoms with Gasteiger partial charge in [0.15, 0.2) is 0 Å². The Morgan fingerprint density at radius 2 is 1.57 bits per heavy atom. The molecule has 1 amide bonds. The number of aromatic nitrogens is 2. The van der Waals surface area contributed by atoms with E-state index in [2.05, 4.69) is 10.5 Å². The number of hydrogen-bond acceptors (Lipinski definition) is 4. The molecule has 30 heavy (non-hydrogen) atoms. The fourth-order valence-corrected chi connectivity index (χ4v) is 4.11. The number of carbonyl (C=O) groups is 1. The molecule has 0 radical (unpaired) electrons. The van der Waals surface area contributed by atoms with Crippen molar-refractivity contribution in [3.63, 3.8) is 0 Å². The van der Waals surface area contributed by atoms with Crippen molar-refractivity contribution in [3.8, 4) is 0 Å². The molecule has 3 aromatic carbocycles. The topological polar surface area (TPSA) is 64.0 Å². The molecular formula is C23H18ClN3O2S. The zero-order valence-corrected chi connectivity index (χ0v) is 17.5. The van der Waals surface area contributed by atoms with Crippen LogP contribution in [-0.4, -0.2) is 15.8 Å². The van der Waals surface area contributed by atoms with Crippen LogP contribution in [0.2, 0.25) is 5.02 Å². The van der Waals surface area contributed by atoms with E-state index in [1.165, 1.54) is 11.8 Å². The molecule has 1 heterocycles. The minimum absolute atomic E-state index is 0.116. The molecule has 0 aliphatic carbocycles. The zero-order valence-electron chi connectivity index (χ0n) is 15.9. The fourth-order valence-electron chi connectivity index (χ4n) is 3.01. The number of nitrogens with one attached hydrogen (secondary N) is 1. The highest BCUT2D eigenvalue weighted by Gasteiger charge is 2.13. The quantitative estimate of drug-likeness (QED) is 0.447. The molecule has 0 atom stereocenters. The summed E-state index contributed by atoms with van der Waals surface area (Å²) in [7, 11) is 0. The lowest BCUT2D eigenvalue weighted by Gasteiger charge is -2.12. The Balaban J connectivity index is 1.60. The van der Waals surface area contributed by atoms with Gasteiger partial charge in [0.05, 0.1) is 11.8 Å². The van der Waals surface area contributed by atoms with Crippen molar-refractivity contribution in [1.29, 1.82) is 0 Å². The number of halogens is 1. The highest BCUT2D eigenvalue weighted by atomic mass is 35.5. The second kappa shape index (κ2) is 9.15. The van der Waals surface area contributed by atoms with Gasteiger partial charge in [-0.3, -0.25) is 9.59 Å². The summed E-state index contributed by atoms with van der Waals surface area (Å²) in [6, 6.07) is 24.3. The highest BCUT2D eigenvalue weighted by Crippen LogP contribution is 2.26. The molecule has 1 N–H and O–H groups in total. The molecule has 0 saturated carbocycles. The van der Waals surface area contributed by atoms with Gasteiger partial charge in [0.1, 0.15) is 5.03 Å². The Bertz CT molecular complexity index is 1240. The molecule has 0 saturated heterocycles. The Kier molecular flexibility index (Phi) is 6.16. The summed E-state index contributed by atoms with van der Waals surface area (Å²) >= 11 is 7.41. The van der Waals surface area contributed by atoms with E-state index < -0.39 is 0 Å². The molecule has 0 bridgehead atoms. The summed E-state index contributed by atoms with van der Waals surface area (Å²) < 4.78 is 0. The van der Waals surface area contributed by atoms with E-state index in [1.54, 1.807) is 36.4 Å². The van der Waals surface area contributed by atoms with E-state index >= 15 is 0 Å². The monoisotopic (exact) mass is 435 g/mol. The second-order valence-corrected chi connectivity index (χ2v) is 8.08. The van der Waals surface area contributed by atoms with Crippen LogP contribution in [0.1, 0.15) is 11.1 Å². The van der Waals surface area contributed by atoms with Crippen LogP contribution in [0, 0.1) is 0 Å². The van der Waals surface area contributed by atoms with Crippen molar-refractivity contribution < 1.29 is 4.79 Å². The SMILES string of the molecule is O=C(Cc1ccc(Cl)cc1)Nn1nc(SCc2ccccc2)c2ccccc2c1=O. The molecule has 0 aliphatic rings. The summed E-state index contributed by atoms with van der Waals surface area (Å²) in [6.07, 6.45) is 0.116. The van der Waals surface area contributed by atoms with Crippen molar-refractivity contribution in [2.45, 2.75) is 17.2 Å². The van der Waals surface area contributed by atoms with Gasteiger partial charge >= 0.3 is 0 Å². The second-order valence-electron chi connectivity index (χ2n) is 6.68. The van der Waals surface area contributed by atoms with Crippen LogP contribution >= 0.6 is 23.4 Å². The minimum atomic E-state index is -0.362. The van der Waals surface area contributed by atoms with Gasteiger partial charge in [0.25, 0.3) is 5.56 Å². The predicted octanol–water partition coefficient (Wildman–Crippen LogP) is 4.66. The molecule has 0 aliphatic heterocycles. The Hall–Kier alpha value is -3.09. The molecule has 5 nitrogen and oxygen atoms in total. The largest absolute Gasteiger partial charge is 0.294 e. The smallest absolute Gasteiger partial charge is 0.273 e. The lowest BCUT2D eigenvalue weighted by atomic mass is 10.1. The molecule has 7 heteroatoms. The molecule has 4 rings (SSSR count). The molecule has 0 fully saturated rings. The van der Waals surface area contributed by atoms with Crippen LogP contribution in [0.15, 0.2) is 88.7 Å². The third-order valence-electron chi connectivity index (χ3n) is 4.50. The van der Waals surface area contributed by atoms with Crippen LogP contribution in [0.4, 0.5) is 0 Å². The number of thioether (sulfide) groups is 1. The maximum Gasteiger partial charge on any atom is 0.294 e. The number of nitrogens with zero attached hydrogens (tertiary/aromatic N) is 2. The number of hydrogen-bond donors (Lipinski definition) is 1. The van der Waals surface area contributed by atoms with Gasteiger partial charge in [0.2, 0.25) is 5.91 Å². The van der Waals surface area contributed by atoms with Crippen molar-refractivity contribution >= 4 is 40.0 Å². The van der Waals surface area contributed by atoms with E-state index in [1.807, 2.05) is 42.5 Å². The van der Waals surface area contributed by atoms with Crippen LogP contribution in [0.3, 0.4) is 0 Å². The van der Waals surface area contributed by atoms with E-state index in [4.69, 9.17) is 11.6 Å². The number of amides is 1. The predicted molar refractivity (Wildman–Crippen MR) is 122 cm³/mol. The van der Waals surface area contributed by atoms with E-state index in [0.717, 1.165) is 21.3 Å². The lowest BCUT2D eigenvalue weighted by Crippen LogP contribution is -2.36. The van der Waals surface area contributed by atoms with Gasteiger partial charge in [-0.05, 0) is 29.3 Å². The minimum Gasteiger partial charge on any atom is -0.273 e. The maximum atomic E-state index is 12.8. The first kappa shape index (κ1) is 20.2. The Labute approximate surface area is 182 Å². The summed E-state index contributed by atoms with van der Waals surface area (Å²) in [6.45, 7) is 0. The molecule has 0 spiro atoms. The van der Waals surface area contributed by atoms with Crippen LogP contribution < -0.4 is 11.0 Å². The van der Waals surface area contributed by atoms with E-state index in [-0.39, 0.29) is 17.9 Å². The van der Waals surface area contributed by atoms with Gasteiger partial charge in [-0.15, -0.1) is 9.89 Å². The fraction of sp³-hybridized carbons (Fsp3) is 0.0870. The number of carbonyl (C=O) groups excluding carboxylic acids is 1. The molecular weight excluding hydrogens is 418 g/mol. The Morgan fingerprint density at radius 1 is 0.900 bits per heavy atom. The van der Waals surface area contributed by atoms with Crippen molar-refractivity contribution in [2.75, 3.05) is 5.43 Å². The van der Waals surface area contributed by atoms with Gasteiger partial charge in [-0.1, -0.05) is 84.0 Å². The highest BCUT2D eigenvalue weighted by molar-refractivity contribution is 7.98. The van der Waals surface area contributed by atoms with Crippen LogP contribution in [0.5, 0.6) is 0 Å². The number of rotatable bonds is 6. The zero-order chi connectivity index (χ0) is 20.9. The van der Waals surface area contributed by atoms with Gasteiger partial charge in [0, 0.05) is 16.2 Å². The van der Waals surface area contributed by atoms with Crippen molar-refractivity contribution in [2.24, 2.45) is 0 Å².